The summed E-state index contributed by atoms with van der Waals surface area (Å²) in [5.41, 5.74) is 0.853. The Balaban J connectivity index is 1.84. The van der Waals surface area contributed by atoms with E-state index >= 15 is 0 Å². The van der Waals surface area contributed by atoms with Crippen molar-refractivity contribution in [3.8, 4) is 5.75 Å². The first-order valence-electron chi connectivity index (χ1n) is 8.53. The molecule has 128 valence electrons. The van der Waals surface area contributed by atoms with Crippen molar-refractivity contribution in [3.05, 3.63) is 60.2 Å². The average molecular weight is 327 g/mol. The summed E-state index contributed by atoms with van der Waals surface area (Å²) >= 11 is 0. The Labute approximate surface area is 143 Å². The highest BCUT2D eigenvalue weighted by molar-refractivity contribution is 6.04. The molecule has 0 atom stereocenters. The number of hydrogen-bond donors (Lipinski definition) is 1. The van der Waals surface area contributed by atoms with Crippen molar-refractivity contribution in [2.75, 3.05) is 11.7 Å². The van der Waals surface area contributed by atoms with Crippen LogP contribution in [0.15, 0.2) is 54.6 Å². The van der Waals surface area contributed by atoms with Gasteiger partial charge in [0.2, 0.25) is 0 Å². The number of unbranched alkanes of at least 4 members (excludes halogenated alkanes) is 4. The van der Waals surface area contributed by atoms with Crippen molar-refractivity contribution < 1.29 is 14.7 Å². The molecule has 0 heterocycles. The highest BCUT2D eigenvalue weighted by Gasteiger charge is 2.15. The van der Waals surface area contributed by atoms with Gasteiger partial charge in [-0.1, -0.05) is 50.8 Å². The molecule has 0 spiro atoms. The zero-order valence-electron chi connectivity index (χ0n) is 14.1. The topological polar surface area (TPSA) is 49.8 Å². The van der Waals surface area contributed by atoms with E-state index in [2.05, 4.69) is 6.92 Å². The minimum absolute atomic E-state index is 0.414. The minimum atomic E-state index is -0.465. The van der Waals surface area contributed by atoms with Crippen LogP contribution in [0, 0.1) is 0 Å². The summed E-state index contributed by atoms with van der Waals surface area (Å²) in [7, 11) is 0. The molecule has 2 rings (SSSR count). The molecule has 2 aromatic carbocycles. The summed E-state index contributed by atoms with van der Waals surface area (Å²) < 4.78 is 5.68. The first kappa shape index (κ1) is 18.0. The third-order valence-corrected chi connectivity index (χ3v) is 3.81. The third-order valence-electron chi connectivity index (χ3n) is 3.81. The number of anilines is 1. The van der Waals surface area contributed by atoms with Crippen LogP contribution in [0.5, 0.6) is 5.75 Å². The molecule has 0 aliphatic heterocycles. The molecule has 2 aromatic rings. The zero-order valence-corrected chi connectivity index (χ0v) is 14.1. The van der Waals surface area contributed by atoms with Gasteiger partial charge in [-0.25, -0.2) is 0 Å². The molecule has 4 heteroatoms. The normalized spacial score (nSPS) is 10.4. The van der Waals surface area contributed by atoms with Crippen molar-refractivity contribution in [2.45, 2.75) is 39.0 Å². The molecule has 0 bridgehead atoms. The lowest BCUT2D eigenvalue weighted by Crippen LogP contribution is -2.26. The van der Waals surface area contributed by atoms with Crippen LogP contribution >= 0.6 is 0 Å². The Kier molecular flexibility index (Phi) is 7.30. The van der Waals surface area contributed by atoms with Gasteiger partial charge in [-0.15, -0.1) is 0 Å². The van der Waals surface area contributed by atoms with Crippen LogP contribution in [0.25, 0.3) is 0 Å². The molecule has 0 aromatic heterocycles. The quantitative estimate of drug-likeness (QED) is 0.397. The number of hydroxylamine groups is 1. The Morgan fingerprint density at radius 3 is 2.29 bits per heavy atom. The van der Waals surface area contributed by atoms with Gasteiger partial charge in [-0.2, -0.15) is 5.06 Å². The van der Waals surface area contributed by atoms with Gasteiger partial charge in [0.25, 0.3) is 5.91 Å². The van der Waals surface area contributed by atoms with Crippen LogP contribution in [0.2, 0.25) is 0 Å². The summed E-state index contributed by atoms with van der Waals surface area (Å²) in [6.07, 6.45) is 5.98. The van der Waals surface area contributed by atoms with Crippen LogP contribution in [-0.4, -0.2) is 17.7 Å². The summed E-state index contributed by atoms with van der Waals surface area (Å²) in [6, 6.07) is 15.6. The van der Waals surface area contributed by atoms with Gasteiger partial charge in [-0.05, 0) is 42.8 Å². The Bertz CT molecular complexity index is 611. The molecule has 0 aliphatic carbocycles. The maximum atomic E-state index is 12.3. The fourth-order valence-electron chi connectivity index (χ4n) is 2.40. The van der Waals surface area contributed by atoms with Gasteiger partial charge in [0, 0.05) is 5.56 Å². The van der Waals surface area contributed by atoms with E-state index in [0.717, 1.165) is 12.2 Å². The minimum Gasteiger partial charge on any atom is -0.494 e. The molecular weight excluding hydrogens is 302 g/mol. The Morgan fingerprint density at radius 1 is 0.958 bits per heavy atom. The van der Waals surface area contributed by atoms with Gasteiger partial charge in [-0.3, -0.25) is 10.0 Å². The molecule has 0 fully saturated rings. The van der Waals surface area contributed by atoms with Crippen molar-refractivity contribution in [3.63, 3.8) is 0 Å². The lowest BCUT2D eigenvalue weighted by Gasteiger charge is -2.15. The van der Waals surface area contributed by atoms with Crippen LogP contribution < -0.4 is 9.80 Å². The number of carbonyl (C=O) groups excluding carboxylic acids is 1. The van der Waals surface area contributed by atoms with Gasteiger partial charge >= 0.3 is 0 Å². The first-order valence-corrected chi connectivity index (χ1v) is 8.53. The van der Waals surface area contributed by atoms with Crippen LogP contribution in [0.1, 0.15) is 49.4 Å². The smallest absolute Gasteiger partial charge is 0.281 e. The number of nitrogens with zero attached hydrogens (tertiary/aromatic N) is 1. The lowest BCUT2D eigenvalue weighted by atomic mass is 10.1. The van der Waals surface area contributed by atoms with Crippen LogP contribution in [-0.2, 0) is 0 Å². The molecular formula is C20H25NO3. The van der Waals surface area contributed by atoms with Gasteiger partial charge in [0.05, 0.1) is 12.3 Å². The molecule has 1 amide bonds. The highest BCUT2D eigenvalue weighted by atomic mass is 16.5. The average Bonchev–Trinajstić information content (AvgIpc) is 2.64. The monoisotopic (exact) mass is 327 g/mol. The fraction of sp³-hybridized carbons (Fsp3) is 0.350. The van der Waals surface area contributed by atoms with Gasteiger partial charge < -0.3 is 4.74 Å². The molecule has 0 unspecified atom stereocenters. The zero-order chi connectivity index (χ0) is 17.2. The van der Waals surface area contributed by atoms with Crippen molar-refractivity contribution in [2.24, 2.45) is 0 Å². The number of benzene rings is 2. The predicted octanol–water partition coefficient (Wildman–Crippen LogP) is 5.07. The molecule has 0 aliphatic rings. The summed E-state index contributed by atoms with van der Waals surface area (Å²) in [5, 5.41) is 10.7. The van der Waals surface area contributed by atoms with Crippen molar-refractivity contribution in [1.82, 2.24) is 0 Å². The molecule has 24 heavy (non-hydrogen) atoms. The summed E-state index contributed by atoms with van der Waals surface area (Å²) in [6.45, 7) is 2.89. The number of hydrogen-bond acceptors (Lipinski definition) is 3. The van der Waals surface area contributed by atoms with E-state index in [4.69, 9.17) is 4.74 Å². The molecule has 0 saturated heterocycles. The molecule has 1 N–H and O–H groups in total. The number of amides is 1. The van der Waals surface area contributed by atoms with Crippen molar-refractivity contribution in [1.29, 1.82) is 0 Å². The lowest BCUT2D eigenvalue weighted by molar-refractivity contribution is 0.0854. The second-order valence-corrected chi connectivity index (χ2v) is 5.74. The van der Waals surface area contributed by atoms with E-state index in [-0.39, 0.29) is 0 Å². The maximum absolute atomic E-state index is 12.3. The van der Waals surface area contributed by atoms with Crippen LogP contribution in [0.3, 0.4) is 0 Å². The Hall–Kier alpha value is -2.33. The Morgan fingerprint density at radius 2 is 1.62 bits per heavy atom. The second-order valence-electron chi connectivity index (χ2n) is 5.74. The highest BCUT2D eigenvalue weighted by Crippen LogP contribution is 2.17. The standard InChI is InChI=1S/C20H25NO3/c1-2-3-4-5-9-16-24-19-14-12-17(13-15-19)20(22)21(23)18-10-7-6-8-11-18/h6-8,10-15,23H,2-5,9,16H2,1H3. The van der Waals surface area contributed by atoms with E-state index in [1.54, 1.807) is 48.5 Å². The number of ether oxygens (including phenoxy) is 1. The SMILES string of the molecule is CCCCCCCOc1ccc(C(=O)N(O)c2ccccc2)cc1. The van der Waals surface area contributed by atoms with E-state index in [1.807, 2.05) is 6.07 Å². The fourth-order valence-corrected chi connectivity index (χ4v) is 2.40. The number of para-hydroxylation sites is 1. The van der Waals surface area contributed by atoms with E-state index in [9.17, 15) is 10.0 Å². The predicted molar refractivity (Wildman–Crippen MR) is 95.7 cm³/mol. The third kappa shape index (κ3) is 5.39. The van der Waals surface area contributed by atoms with E-state index in [1.165, 1.54) is 25.7 Å². The largest absolute Gasteiger partial charge is 0.494 e. The molecule has 4 nitrogen and oxygen atoms in total. The van der Waals surface area contributed by atoms with Gasteiger partial charge in [0.1, 0.15) is 5.75 Å². The van der Waals surface area contributed by atoms with Crippen LogP contribution in [0.4, 0.5) is 5.69 Å². The first-order chi connectivity index (χ1) is 11.7. The number of rotatable bonds is 9. The summed E-state index contributed by atoms with van der Waals surface area (Å²) in [5.74, 6) is 0.276. The van der Waals surface area contributed by atoms with E-state index < -0.39 is 5.91 Å². The van der Waals surface area contributed by atoms with E-state index in [0.29, 0.717) is 22.9 Å². The maximum Gasteiger partial charge on any atom is 0.281 e. The van der Waals surface area contributed by atoms with Gasteiger partial charge in [0.15, 0.2) is 0 Å². The molecule has 0 saturated carbocycles. The summed E-state index contributed by atoms with van der Waals surface area (Å²) in [4.78, 5) is 12.3. The number of carbonyl (C=O) groups is 1. The second kappa shape index (κ2) is 9.73. The van der Waals surface area contributed by atoms with Crippen molar-refractivity contribution >= 4 is 11.6 Å². The molecule has 0 radical (unpaired) electrons.